The van der Waals surface area contributed by atoms with E-state index in [4.69, 9.17) is 14.2 Å². The minimum atomic E-state index is -4.87. The number of alkyl halides is 3. The van der Waals surface area contributed by atoms with Gasteiger partial charge < -0.3 is 24.8 Å². The molecule has 0 heterocycles. The lowest BCUT2D eigenvalue weighted by Crippen LogP contribution is -2.28. The molecule has 0 aliphatic carbocycles. The largest absolute Gasteiger partial charge is 0.493 e. The summed E-state index contributed by atoms with van der Waals surface area (Å²) in [5.41, 5.74) is -1.06. The summed E-state index contributed by atoms with van der Waals surface area (Å²) in [6.45, 7) is 0.0237. The summed E-state index contributed by atoms with van der Waals surface area (Å²) in [6, 6.07) is 4.64. The van der Waals surface area contributed by atoms with Crippen LogP contribution in [0, 0.1) is 5.82 Å². The molecule has 0 radical (unpaired) electrons. The fraction of sp³-hybridized carbons (Fsp3) is 0.278. The van der Waals surface area contributed by atoms with E-state index < -0.39 is 23.6 Å². The molecule has 0 saturated heterocycles. The Labute approximate surface area is 158 Å². The Hall–Kier alpha value is -3.17. The summed E-state index contributed by atoms with van der Waals surface area (Å²) in [7, 11) is 4.33. The number of benzene rings is 2. The Morgan fingerprint density at radius 1 is 1.00 bits per heavy atom. The molecule has 0 aliphatic rings. The van der Waals surface area contributed by atoms with E-state index in [1.807, 2.05) is 0 Å². The Kier molecular flexibility index (Phi) is 6.55. The van der Waals surface area contributed by atoms with Gasteiger partial charge in [0.05, 0.1) is 26.9 Å². The molecule has 2 amide bonds. The quantitative estimate of drug-likeness (QED) is 0.711. The van der Waals surface area contributed by atoms with Crippen LogP contribution >= 0.6 is 0 Å². The lowest BCUT2D eigenvalue weighted by Gasteiger charge is -2.15. The second kappa shape index (κ2) is 8.68. The van der Waals surface area contributed by atoms with Gasteiger partial charge in [0.2, 0.25) is 5.75 Å². The summed E-state index contributed by atoms with van der Waals surface area (Å²) in [5, 5.41) is 4.71. The van der Waals surface area contributed by atoms with Crippen molar-refractivity contribution in [2.75, 3.05) is 26.6 Å². The third-order valence-electron chi connectivity index (χ3n) is 3.71. The molecule has 152 valence electrons. The topological polar surface area (TPSA) is 68.8 Å². The number of methoxy groups -OCH3 is 3. The van der Waals surface area contributed by atoms with Crippen molar-refractivity contribution in [1.29, 1.82) is 0 Å². The van der Waals surface area contributed by atoms with Crippen LogP contribution in [0.25, 0.3) is 0 Å². The van der Waals surface area contributed by atoms with Crippen LogP contribution in [-0.2, 0) is 12.7 Å². The Balaban J connectivity index is 2.09. The summed E-state index contributed by atoms with van der Waals surface area (Å²) in [6.07, 6.45) is -4.87. The SMILES string of the molecule is COc1cc(CNC(=O)Nc2ccc(F)c(C(F)(F)F)c2)cc(OC)c1OC. The van der Waals surface area contributed by atoms with Crippen molar-refractivity contribution >= 4 is 11.7 Å². The fourth-order valence-corrected chi connectivity index (χ4v) is 2.42. The van der Waals surface area contributed by atoms with Crippen molar-refractivity contribution in [3.05, 3.63) is 47.3 Å². The normalized spacial score (nSPS) is 11.0. The number of halogens is 4. The number of nitrogens with one attached hydrogen (secondary N) is 2. The van der Waals surface area contributed by atoms with Crippen molar-refractivity contribution in [3.63, 3.8) is 0 Å². The van der Waals surface area contributed by atoms with Gasteiger partial charge in [-0.25, -0.2) is 9.18 Å². The standard InChI is InChI=1S/C18H18F4N2O4/c1-26-14-6-10(7-15(27-2)16(14)28-3)9-23-17(25)24-11-4-5-13(19)12(8-11)18(20,21)22/h4-8H,9H2,1-3H3,(H2,23,24,25). The molecule has 2 rings (SSSR count). The highest BCUT2D eigenvalue weighted by Gasteiger charge is 2.34. The van der Waals surface area contributed by atoms with Gasteiger partial charge in [-0.1, -0.05) is 0 Å². The number of carbonyl (C=O) groups excluding carboxylic acids is 1. The average Bonchev–Trinajstić information content (AvgIpc) is 2.65. The molecular formula is C18H18F4N2O4. The smallest absolute Gasteiger partial charge is 0.419 e. The number of urea groups is 1. The van der Waals surface area contributed by atoms with Crippen molar-refractivity contribution in [2.24, 2.45) is 0 Å². The molecule has 0 aromatic heterocycles. The van der Waals surface area contributed by atoms with E-state index >= 15 is 0 Å². The molecule has 0 unspecified atom stereocenters. The summed E-state index contributed by atoms with van der Waals surface area (Å²) in [5.74, 6) is -0.278. The first kappa shape index (κ1) is 21.1. The first-order chi connectivity index (χ1) is 13.2. The van der Waals surface area contributed by atoms with E-state index in [1.165, 1.54) is 21.3 Å². The monoisotopic (exact) mass is 402 g/mol. The highest BCUT2D eigenvalue weighted by molar-refractivity contribution is 5.89. The molecule has 0 atom stereocenters. The zero-order valence-electron chi connectivity index (χ0n) is 15.2. The Bertz CT molecular complexity index is 831. The zero-order valence-corrected chi connectivity index (χ0v) is 15.2. The van der Waals surface area contributed by atoms with E-state index in [0.717, 1.165) is 6.07 Å². The van der Waals surface area contributed by atoms with Crippen LogP contribution < -0.4 is 24.8 Å². The second-order valence-corrected chi connectivity index (χ2v) is 5.53. The van der Waals surface area contributed by atoms with E-state index in [9.17, 15) is 22.4 Å². The lowest BCUT2D eigenvalue weighted by atomic mass is 10.1. The van der Waals surface area contributed by atoms with Crippen molar-refractivity contribution in [3.8, 4) is 17.2 Å². The molecule has 0 spiro atoms. The molecule has 10 heteroatoms. The highest BCUT2D eigenvalue weighted by atomic mass is 19.4. The highest BCUT2D eigenvalue weighted by Crippen LogP contribution is 2.38. The van der Waals surface area contributed by atoms with Gasteiger partial charge in [0.1, 0.15) is 5.82 Å². The minimum Gasteiger partial charge on any atom is -0.493 e. The minimum absolute atomic E-state index is 0.0237. The van der Waals surface area contributed by atoms with E-state index in [2.05, 4.69) is 10.6 Å². The summed E-state index contributed by atoms with van der Waals surface area (Å²) >= 11 is 0. The first-order valence-corrected chi connectivity index (χ1v) is 7.90. The predicted molar refractivity (Wildman–Crippen MR) is 93.4 cm³/mol. The summed E-state index contributed by atoms with van der Waals surface area (Å²) in [4.78, 5) is 12.0. The van der Waals surface area contributed by atoms with Gasteiger partial charge in [-0.3, -0.25) is 0 Å². The maximum atomic E-state index is 13.3. The molecule has 0 saturated carbocycles. The van der Waals surface area contributed by atoms with Gasteiger partial charge in [-0.15, -0.1) is 0 Å². The van der Waals surface area contributed by atoms with Gasteiger partial charge in [0, 0.05) is 12.2 Å². The molecule has 6 nitrogen and oxygen atoms in total. The third kappa shape index (κ3) is 4.96. The van der Waals surface area contributed by atoms with Gasteiger partial charge >= 0.3 is 12.2 Å². The number of amides is 2. The first-order valence-electron chi connectivity index (χ1n) is 7.90. The number of anilines is 1. The van der Waals surface area contributed by atoms with Gasteiger partial charge in [0.15, 0.2) is 11.5 Å². The molecule has 2 aromatic rings. The fourth-order valence-electron chi connectivity index (χ4n) is 2.42. The lowest BCUT2D eigenvalue weighted by molar-refractivity contribution is -0.139. The molecule has 0 aliphatic heterocycles. The van der Waals surface area contributed by atoms with Crippen LogP contribution in [0.15, 0.2) is 30.3 Å². The van der Waals surface area contributed by atoms with Crippen molar-refractivity contribution < 1.29 is 36.6 Å². The van der Waals surface area contributed by atoms with Crippen LogP contribution in [0.2, 0.25) is 0 Å². The Morgan fingerprint density at radius 3 is 2.11 bits per heavy atom. The molecule has 28 heavy (non-hydrogen) atoms. The van der Waals surface area contributed by atoms with E-state index in [-0.39, 0.29) is 12.2 Å². The molecule has 2 aromatic carbocycles. The van der Waals surface area contributed by atoms with Crippen molar-refractivity contribution in [1.82, 2.24) is 5.32 Å². The summed E-state index contributed by atoms with van der Waals surface area (Å²) < 4.78 is 67.1. The van der Waals surface area contributed by atoms with E-state index in [0.29, 0.717) is 34.9 Å². The molecular weight excluding hydrogens is 384 g/mol. The number of hydrogen-bond donors (Lipinski definition) is 2. The van der Waals surface area contributed by atoms with E-state index in [1.54, 1.807) is 12.1 Å². The third-order valence-corrected chi connectivity index (χ3v) is 3.71. The predicted octanol–water partition coefficient (Wildman–Crippen LogP) is 4.19. The van der Waals surface area contributed by atoms with Crippen LogP contribution in [0.5, 0.6) is 17.2 Å². The van der Waals surface area contributed by atoms with Gasteiger partial charge in [-0.05, 0) is 35.9 Å². The number of ether oxygens (including phenoxy) is 3. The zero-order chi connectivity index (χ0) is 20.9. The maximum Gasteiger partial charge on any atom is 0.419 e. The molecule has 0 bridgehead atoms. The molecule has 0 fully saturated rings. The van der Waals surface area contributed by atoms with Crippen LogP contribution in [0.4, 0.5) is 28.0 Å². The maximum absolute atomic E-state index is 13.3. The number of rotatable bonds is 6. The van der Waals surface area contributed by atoms with Crippen molar-refractivity contribution in [2.45, 2.75) is 12.7 Å². The van der Waals surface area contributed by atoms with Crippen LogP contribution in [0.3, 0.4) is 0 Å². The second-order valence-electron chi connectivity index (χ2n) is 5.53. The average molecular weight is 402 g/mol. The molecule has 2 N–H and O–H groups in total. The van der Waals surface area contributed by atoms with Gasteiger partial charge in [0.25, 0.3) is 0 Å². The van der Waals surface area contributed by atoms with Gasteiger partial charge in [-0.2, -0.15) is 13.2 Å². The van der Waals surface area contributed by atoms with Crippen LogP contribution in [0.1, 0.15) is 11.1 Å². The Morgan fingerprint density at radius 2 is 1.61 bits per heavy atom. The van der Waals surface area contributed by atoms with Crippen LogP contribution in [-0.4, -0.2) is 27.4 Å². The number of hydrogen-bond acceptors (Lipinski definition) is 4. The number of carbonyl (C=O) groups is 1.